The Morgan fingerprint density at radius 2 is 1.86 bits per heavy atom. The van der Waals surface area contributed by atoms with Gasteiger partial charge < -0.3 is 10.6 Å². The first-order valence-electron chi connectivity index (χ1n) is 7.21. The summed E-state index contributed by atoms with van der Waals surface area (Å²) in [6.07, 6.45) is 1.59. The summed E-state index contributed by atoms with van der Waals surface area (Å²) in [5.41, 5.74) is 4.56. The lowest BCUT2D eigenvalue weighted by Gasteiger charge is -2.16. The van der Waals surface area contributed by atoms with Crippen LogP contribution in [-0.2, 0) is 13.6 Å². The number of rotatable bonds is 5. The first-order valence-corrected chi connectivity index (χ1v) is 7.21. The molecule has 0 radical (unpaired) electrons. The number of aromatic nitrogens is 4. The molecule has 0 bridgehead atoms. The van der Waals surface area contributed by atoms with Crippen LogP contribution in [0, 0.1) is 13.8 Å². The summed E-state index contributed by atoms with van der Waals surface area (Å²) in [6, 6.07) is 0. The molecule has 2 rings (SSSR count). The minimum Gasteiger partial charge on any atom is -0.373 e. The fraction of sp³-hybridized carbons (Fsp3) is 0.533. The predicted molar refractivity (Wildman–Crippen MR) is 85.7 cm³/mol. The second-order valence-electron chi connectivity index (χ2n) is 5.52. The molecular weight excluding hydrogens is 264 g/mol. The average Bonchev–Trinajstić information content (AvgIpc) is 2.69. The number of nitrogens with one attached hydrogen (secondary N) is 2. The van der Waals surface area contributed by atoms with Gasteiger partial charge >= 0.3 is 0 Å². The molecule has 0 aliphatic heterocycles. The third kappa shape index (κ3) is 2.99. The summed E-state index contributed by atoms with van der Waals surface area (Å²) in [6.45, 7) is 9.12. The van der Waals surface area contributed by atoms with Gasteiger partial charge in [0, 0.05) is 37.5 Å². The van der Waals surface area contributed by atoms with Crippen LogP contribution in [0.2, 0.25) is 0 Å². The lowest BCUT2D eigenvalue weighted by molar-refractivity contribution is 0.730. The molecule has 21 heavy (non-hydrogen) atoms. The van der Waals surface area contributed by atoms with E-state index in [1.807, 2.05) is 25.7 Å². The minimum atomic E-state index is 0.340. The van der Waals surface area contributed by atoms with E-state index in [-0.39, 0.29) is 0 Å². The number of aryl methyl sites for hydroxylation is 2. The molecule has 0 atom stereocenters. The van der Waals surface area contributed by atoms with E-state index >= 15 is 0 Å². The van der Waals surface area contributed by atoms with Gasteiger partial charge in [0.2, 0.25) is 0 Å². The molecule has 0 spiro atoms. The van der Waals surface area contributed by atoms with E-state index in [4.69, 9.17) is 0 Å². The number of hydrogen-bond acceptors (Lipinski definition) is 5. The molecule has 0 aromatic carbocycles. The lowest BCUT2D eigenvalue weighted by Crippen LogP contribution is -2.10. The molecular formula is C15H24N6. The molecule has 6 nitrogen and oxygen atoms in total. The Bertz CT molecular complexity index is 629. The smallest absolute Gasteiger partial charge is 0.135 e. The molecule has 0 aliphatic rings. The summed E-state index contributed by atoms with van der Waals surface area (Å²) < 4.78 is 1.91. The monoisotopic (exact) mass is 288 g/mol. The van der Waals surface area contributed by atoms with E-state index in [9.17, 15) is 0 Å². The quantitative estimate of drug-likeness (QED) is 0.885. The van der Waals surface area contributed by atoms with Crippen LogP contribution in [0.5, 0.6) is 0 Å². The highest BCUT2D eigenvalue weighted by Gasteiger charge is 2.15. The van der Waals surface area contributed by atoms with E-state index in [0.717, 1.165) is 22.9 Å². The molecule has 0 amide bonds. The SMILES string of the molecule is CNc1ncnc(NCc2c(C)nn(C)c2C)c1C(C)C. The van der Waals surface area contributed by atoms with Crippen molar-refractivity contribution in [3.63, 3.8) is 0 Å². The predicted octanol–water partition coefficient (Wildman–Crippen LogP) is 2.60. The summed E-state index contributed by atoms with van der Waals surface area (Å²) in [5.74, 6) is 2.10. The van der Waals surface area contributed by atoms with Crippen LogP contribution < -0.4 is 10.6 Å². The molecule has 0 aliphatic carbocycles. The van der Waals surface area contributed by atoms with Crippen molar-refractivity contribution in [2.75, 3.05) is 17.7 Å². The van der Waals surface area contributed by atoms with Gasteiger partial charge in [-0.2, -0.15) is 5.10 Å². The first-order chi connectivity index (χ1) is 9.95. The van der Waals surface area contributed by atoms with E-state index in [1.54, 1.807) is 6.33 Å². The molecule has 6 heteroatoms. The third-order valence-electron chi connectivity index (χ3n) is 3.79. The average molecular weight is 288 g/mol. The van der Waals surface area contributed by atoms with Gasteiger partial charge in [-0.1, -0.05) is 13.8 Å². The molecule has 2 N–H and O–H groups in total. The van der Waals surface area contributed by atoms with Gasteiger partial charge in [-0.25, -0.2) is 9.97 Å². The Labute approximate surface area is 126 Å². The molecule has 2 aromatic heterocycles. The second-order valence-corrected chi connectivity index (χ2v) is 5.52. The molecule has 2 heterocycles. The zero-order valence-electron chi connectivity index (χ0n) is 13.7. The Morgan fingerprint density at radius 1 is 1.19 bits per heavy atom. The summed E-state index contributed by atoms with van der Waals surface area (Å²) >= 11 is 0. The maximum Gasteiger partial charge on any atom is 0.135 e. The van der Waals surface area contributed by atoms with Gasteiger partial charge in [0.15, 0.2) is 0 Å². The highest BCUT2D eigenvalue weighted by atomic mass is 15.3. The van der Waals surface area contributed by atoms with Crippen molar-refractivity contribution in [1.82, 2.24) is 19.7 Å². The zero-order valence-corrected chi connectivity index (χ0v) is 13.7. The van der Waals surface area contributed by atoms with Crippen molar-refractivity contribution in [3.8, 4) is 0 Å². The van der Waals surface area contributed by atoms with Crippen molar-refractivity contribution in [3.05, 3.63) is 28.8 Å². The van der Waals surface area contributed by atoms with Gasteiger partial charge in [-0.05, 0) is 19.8 Å². The van der Waals surface area contributed by atoms with Crippen molar-refractivity contribution < 1.29 is 0 Å². The lowest BCUT2D eigenvalue weighted by atomic mass is 10.0. The highest BCUT2D eigenvalue weighted by molar-refractivity contribution is 5.59. The van der Waals surface area contributed by atoms with Gasteiger partial charge in [0.25, 0.3) is 0 Å². The van der Waals surface area contributed by atoms with Crippen LogP contribution in [0.25, 0.3) is 0 Å². The second kappa shape index (κ2) is 6.11. The fourth-order valence-corrected chi connectivity index (χ4v) is 2.53. The van der Waals surface area contributed by atoms with Crippen LogP contribution in [0.1, 0.15) is 42.3 Å². The normalized spacial score (nSPS) is 11.0. The van der Waals surface area contributed by atoms with Crippen molar-refractivity contribution in [2.45, 2.75) is 40.2 Å². The van der Waals surface area contributed by atoms with Crippen LogP contribution >= 0.6 is 0 Å². The summed E-state index contributed by atoms with van der Waals surface area (Å²) in [4.78, 5) is 8.69. The molecule has 114 valence electrons. The third-order valence-corrected chi connectivity index (χ3v) is 3.79. The van der Waals surface area contributed by atoms with Gasteiger partial charge in [-0.3, -0.25) is 4.68 Å². The van der Waals surface area contributed by atoms with Gasteiger partial charge in [0.05, 0.1) is 5.69 Å². The van der Waals surface area contributed by atoms with E-state index in [0.29, 0.717) is 12.5 Å². The minimum absolute atomic E-state index is 0.340. The number of anilines is 2. The van der Waals surface area contributed by atoms with E-state index < -0.39 is 0 Å². The Hall–Kier alpha value is -2.11. The summed E-state index contributed by atoms with van der Waals surface area (Å²) in [5, 5.41) is 11.0. The molecule has 0 saturated carbocycles. The Balaban J connectivity index is 2.28. The molecule has 2 aromatic rings. The van der Waals surface area contributed by atoms with Crippen molar-refractivity contribution in [2.24, 2.45) is 7.05 Å². The molecule has 0 unspecified atom stereocenters. The van der Waals surface area contributed by atoms with Crippen molar-refractivity contribution in [1.29, 1.82) is 0 Å². The highest BCUT2D eigenvalue weighted by Crippen LogP contribution is 2.28. The standard InChI is InChI=1S/C15H24N6/c1-9(2)13-14(16-5)18-8-19-15(13)17-7-12-10(3)20-21(6)11(12)4/h8-9H,7H2,1-6H3,(H2,16,17,18,19). The largest absolute Gasteiger partial charge is 0.373 e. The van der Waals surface area contributed by atoms with Crippen LogP contribution in [0.15, 0.2) is 6.33 Å². The molecule has 0 fully saturated rings. The van der Waals surface area contributed by atoms with Crippen molar-refractivity contribution >= 4 is 11.6 Å². The van der Waals surface area contributed by atoms with Crippen LogP contribution in [0.3, 0.4) is 0 Å². The maximum atomic E-state index is 4.45. The Morgan fingerprint density at radius 3 is 2.38 bits per heavy atom. The number of nitrogens with zero attached hydrogens (tertiary/aromatic N) is 4. The van der Waals surface area contributed by atoms with E-state index in [1.165, 1.54) is 11.3 Å². The maximum absolute atomic E-state index is 4.45. The zero-order chi connectivity index (χ0) is 15.6. The topological polar surface area (TPSA) is 67.7 Å². The first kappa shape index (κ1) is 15.3. The van der Waals surface area contributed by atoms with Gasteiger partial charge in [0.1, 0.15) is 18.0 Å². The number of hydrogen-bond donors (Lipinski definition) is 2. The molecule has 0 saturated heterocycles. The van der Waals surface area contributed by atoms with Crippen LogP contribution in [-0.4, -0.2) is 26.8 Å². The van der Waals surface area contributed by atoms with Crippen LogP contribution in [0.4, 0.5) is 11.6 Å². The summed E-state index contributed by atoms with van der Waals surface area (Å²) in [7, 11) is 3.85. The Kier molecular flexibility index (Phi) is 4.45. The van der Waals surface area contributed by atoms with E-state index in [2.05, 4.69) is 46.5 Å². The fourth-order valence-electron chi connectivity index (χ4n) is 2.53. The van der Waals surface area contributed by atoms with Gasteiger partial charge in [-0.15, -0.1) is 0 Å².